The van der Waals surface area contributed by atoms with Crippen LogP contribution >= 0.6 is 27.7 Å². The number of carbonyl (C=O) groups excluding carboxylic acids is 1. The van der Waals surface area contributed by atoms with Gasteiger partial charge in [-0.05, 0) is 6.07 Å². The van der Waals surface area contributed by atoms with Crippen LogP contribution in [0.1, 0.15) is 26.5 Å². The average Bonchev–Trinajstić information content (AvgIpc) is 3.22. The zero-order valence-corrected chi connectivity index (χ0v) is 16.9. The summed E-state index contributed by atoms with van der Waals surface area (Å²) < 4.78 is 6.08. The summed E-state index contributed by atoms with van der Waals surface area (Å²) in [6, 6.07) is 9.45. The highest BCUT2D eigenvalue weighted by molar-refractivity contribution is 9.10. The Labute approximate surface area is 163 Å². The van der Waals surface area contributed by atoms with Gasteiger partial charge in [0, 0.05) is 21.5 Å². The first-order chi connectivity index (χ1) is 12.3. The van der Waals surface area contributed by atoms with Gasteiger partial charge in [-0.2, -0.15) is 0 Å². The van der Waals surface area contributed by atoms with Crippen LogP contribution in [0.15, 0.2) is 44.5 Å². The molecule has 0 bridgehead atoms. The first-order valence-corrected chi connectivity index (χ1v) is 9.68. The van der Waals surface area contributed by atoms with Crippen molar-refractivity contribution >= 4 is 39.5 Å². The van der Waals surface area contributed by atoms with Crippen LogP contribution in [0.5, 0.6) is 0 Å². The molecule has 0 aliphatic heterocycles. The maximum atomic E-state index is 12.1. The Morgan fingerprint density at radius 3 is 2.81 bits per heavy atom. The molecule has 2 N–H and O–H groups in total. The summed E-state index contributed by atoms with van der Waals surface area (Å²) in [4.78, 5) is 16.5. The van der Waals surface area contributed by atoms with Gasteiger partial charge in [0.1, 0.15) is 0 Å². The van der Waals surface area contributed by atoms with Crippen LogP contribution in [0.2, 0.25) is 0 Å². The number of aromatic nitrogens is 4. The predicted octanol–water partition coefficient (Wildman–Crippen LogP) is 4.25. The minimum Gasteiger partial charge on any atom is -0.338 e. The van der Waals surface area contributed by atoms with Crippen molar-refractivity contribution in [1.29, 1.82) is 0 Å². The molecule has 0 radical (unpaired) electrons. The van der Waals surface area contributed by atoms with Gasteiger partial charge in [0.05, 0.1) is 11.4 Å². The summed E-state index contributed by atoms with van der Waals surface area (Å²) in [5.74, 6) is 0.937. The molecule has 0 saturated heterocycles. The standard InChI is InChI=1S/C17H18BrN5O2S/c1-17(2,3)12-8-14(25-23-12)19-13(24)9-26-16-20-15(21-22-16)10-6-4-5-7-11(10)18/h4-8H,9H2,1-3H3,(H,19,24)(H,20,21,22). The Balaban J connectivity index is 1.57. The molecule has 1 amide bonds. The highest BCUT2D eigenvalue weighted by Crippen LogP contribution is 2.27. The van der Waals surface area contributed by atoms with E-state index >= 15 is 0 Å². The molecule has 0 atom stereocenters. The number of H-pyrrole nitrogens is 1. The molecule has 3 rings (SSSR count). The molecule has 2 heterocycles. The molecule has 0 fully saturated rings. The number of thioether (sulfide) groups is 1. The molecular formula is C17H18BrN5O2S. The fraction of sp³-hybridized carbons (Fsp3) is 0.294. The lowest BCUT2D eigenvalue weighted by atomic mass is 9.92. The Morgan fingerprint density at radius 1 is 1.35 bits per heavy atom. The van der Waals surface area contributed by atoms with Gasteiger partial charge in [-0.1, -0.05) is 71.8 Å². The number of benzene rings is 1. The van der Waals surface area contributed by atoms with Crippen LogP contribution in [0.25, 0.3) is 11.4 Å². The van der Waals surface area contributed by atoms with E-state index in [2.05, 4.69) is 41.6 Å². The third-order valence-electron chi connectivity index (χ3n) is 3.47. The van der Waals surface area contributed by atoms with E-state index in [-0.39, 0.29) is 17.1 Å². The Bertz CT molecular complexity index is 916. The maximum absolute atomic E-state index is 12.1. The molecule has 0 unspecified atom stereocenters. The number of carbonyl (C=O) groups is 1. The number of hydrogen-bond donors (Lipinski definition) is 2. The molecule has 2 aromatic heterocycles. The normalized spacial score (nSPS) is 11.5. The average molecular weight is 436 g/mol. The van der Waals surface area contributed by atoms with Gasteiger partial charge in [0.2, 0.25) is 16.9 Å². The van der Waals surface area contributed by atoms with Crippen LogP contribution < -0.4 is 5.32 Å². The Hall–Kier alpha value is -2.13. The van der Waals surface area contributed by atoms with E-state index in [4.69, 9.17) is 4.52 Å². The minimum atomic E-state index is -0.209. The van der Waals surface area contributed by atoms with Crippen molar-refractivity contribution in [2.24, 2.45) is 0 Å². The third kappa shape index (κ3) is 4.53. The third-order valence-corrected chi connectivity index (χ3v) is 5.01. The van der Waals surface area contributed by atoms with Gasteiger partial charge in [0.25, 0.3) is 0 Å². The number of aromatic amines is 1. The molecule has 0 spiro atoms. The number of halogens is 1. The van der Waals surface area contributed by atoms with E-state index in [0.717, 1.165) is 15.7 Å². The van der Waals surface area contributed by atoms with E-state index < -0.39 is 0 Å². The largest absolute Gasteiger partial charge is 0.338 e. The second-order valence-corrected chi connectivity index (χ2v) is 8.41. The molecule has 7 nitrogen and oxygen atoms in total. The molecule has 136 valence electrons. The number of amides is 1. The Morgan fingerprint density at radius 2 is 2.12 bits per heavy atom. The molecule has 0 aliphatic rings. The molecule has 1 aromatic carbocycles. The quantitative estimate of drug-likeness (QED) is 0.581. The topological polar surface area (TPSA) is 96.7 Å². The van der Waals surface area contributed by atoms with E-state index in [1.165, 1.54) is 11.8 Å². The van der Waals surface area contributed by atoms with Crippen LogP contribution in [0.3, 0.4) is 0 Å². The smallest absolute Gasteiger partial charge is 0.237 e. The molecule has 0 aliphatic carbocycles. The van der Waals surface area contributed by atoms with Crippen LogP contribution in [-0.2, 0) is 10.2 Å². The van der Waals surface area contributed by atoms with E-state index in [9.17, 15) is 4.79 Å². The van der Waals surface area contributed by atoms with Gasteiger partial charge in [0.15, 0.2) is 5.82 Å². The molecule has 3 aromatic rings. The van der Waals surface area contributed by atoms with Gasteiger partial charge < -0.3 is 4.52 Å². The highest BCUT2D eigenvalue weighted by Gasteiger charge is 2.20. The first kappa shape index (κ1) is 18.7. The van der Waals surface area contributed by atoms with Crippen molar-refractivity contribution in [3.8, 4) is 11.4 Å². The van der Waals surface area contributed by atoms with Gasteiger partial charge >= 0.3 is 0 Å². The van der Waals surface area contributed by atoms with E-state index in [0.29, 0.717) is 16.9 Å². The second-order valence-electron chi connectivity index (χ2n) is 6.61. The first-order valence-electron chi connectivity index (χ1n) is 7.90. The predicted molar refractivity (Wildman–Crippen MR) is 104 cm³/mol. The summed E-state index contributed by atoms with van der Waals surface area (Å²) in [5.41, 5.74) is 1.56. The lowest BCUT2D eigenvalue weighted by Gasteiger charge is -2.12. The summed E-state index contributed by atoms with van der Waals surface area (Å²) in [6.07, 6.45) is 0. The van der Waals surface area contributed by atoms with Crippen molar-refractivity contribution in [1.82, 2.24) is 20.3 Å². The van der Waals surface area contributed by atoms with Crippen molar-refractivity contribution in [3.05, 3.63) is 40.5 Å². The summed E-state index contributed by atoms with van der Waals surface area (Å²) in [6.45, 7) is 6.08. The fourth-order valence-corrected chi connectivity index (χ4v) is 3.15. The lowest BCUT2D eigenvalue weighted by Crippen LogP contribution is -2.14. The summed E-state index contributed by atoms with van der Waals surface area (Å²) >= 11 is 4.72. The summed E-state index contributed by atoms with van der Waals surface area (Å²) in [5, 5.41) is 14.2. The lowest BCUT2D eigenvalue weighted by molar-refractivity contribution is -0.113. The fourth-order valence-electron chi connectivity index (χ4n) is 2.08. The summed E-state index contributed by atoms with van der Waals surface area (Å²) in [7, 11) is 0. The van der Waals surface area contributed by atoms with E-state index in [1.54, 1.807) is 6.07 Å². The molecule has 9 heteroatoms. The van der Waals surface area contributed by atoms with E-state index in [1.807, 2.05) is 45.0 Å². The van der Waals surface area contributed by atoms with Crippen LogP contribution in [0.4, 0.5) is 5.88 Å². The maximum Gasteiger partial charge on any atom is 0.237 e. The molecule has 0 saturated carbocycles. The van der Waals surface area contributed by atoms with Crippen molar-refractivity contribution in [2.75, 3.05) is 11.1 Å². The van der Waals surface area contributed by atoms with Crippen molar-refractivity contribution < 1.29 is 9.32 Å². The zero-order chi connectivity index (χ0) is 18.7. The minimum absolute atomic E-state index is 0.137. The van der Waals surface area contributed by atoms with Gasteiger partial charge in [-0.25, -0.2) is 4.98 Å². The monoisotopic (exact) mass is 435 g/mol. The number of hydrogen-bond acceptors (Lipinski definition) is 6. The van der Waals surface area contributed by atoms with Gasteiger partial charge in [-0.15, -0.1) is 5.10 Å². The SMILES string of the molecule is CC(C)(C)c1cc(NC(=O)CSc2n[nH]c(-c3ccccc3Br)n2)on1. The second kappa shape index (κ2) is 7.63. The zero-order valence-electron chi connectivity index (χ0n) is 14.5. The van der Waals surface area contributed by atoms with Crippen molar-refractivity contribution in [2.45, 2.75) is 31.3 Å². The van der Waals surface area contributed by atoms with Crippen LogP contribution in [-0.4, -0.2) is 32.0 Å². The molecule has 26 heavy (non-hydrogen) atoms. The number of nitrogens with zero attached hydrogens (tertiary/aromatic N) is 3. The Kier molecular flexibility index (Phi) is 5.47. The molecular weight excluding hydrogens is 418 g/mol. The highest BCUT2D eigenvalue weighted by atomic mass is 79.9. The van der Waals surface area contributed by atoms with Crippen LogP contribution in [0, 0.1) is 0 Å². The van der Waals surface area contributed by atoms with Gasteiger partial charge in [-0.3, -0.25) is 15.2 Å². The number of rotatable bonds is 5. The number of nitrogens with one attached hydrogen (secondary N) is 2. The van der Waals surface area contributed by atoms with Crippen molar-refractivity contribution in [3.63, 3.8) is 0 Å². The number of anilines is 1.